The SMILES string of the molecule is Clc1ccccc1Oc1nc2ccccc2nc1Cl. The summed E-state index contributed by atoms with van der Waals surface area (Å²) in [6.45, 7) is 0. The van der Waals surface area contributed by atoms with Crippen LogP contribution in [0.15, 0.2) is 48.5 Å². The Bertz CT molecular complexity index is 746. The molecule has 0 saturated heterocycles. The van der Waals surface area contributed by atoms with Gasteiger partial charge in [-0.05, 0) is 24.3 Å². The van der Waals surface area contributed by atoms with Gasteiger partial charge in [-0.1, -0.05) is 47.5 Å². The predicted molar refractivity (Wildman–Crippen MR) is 76.1 cm³/mol. The van der Waals surface area contributed by atoms with E-state index in [1.807, 2.05) is 36.4 Å². The lowest BCUT2D eigenvalue weighted by Crippen LogP contribution is -1.93. The monoisotopic (exact) mass is 290 g/mol. The average molecular weight is 291 g/mol. The van der Waals surface area contributed by atoms with Crippen molar-refractivity contribution in [3.8, 4) is 11.6 Å². The molecule has 5 heteroatoms. The molecule has 3 aromatic rings. The zero-order chi connectivity index (χ0) is 13.2. The van der Waals surface area contributed by atoms with E-state index in [-0.39, 0.29) is 11.0 Å². The number of halogens is 2. The largest absolute Gasteiger partial charge is 0.435 e. The molecule has 0 spiro atoms. The van der Waals surface area contributed by atoms with Crippen molar-refractivity contribution in [3.05, 3.63) is 58.7 Å². The zero-order valence-electron chi connectivity index (χ0n) is 9.68. The highest BCUT2D eigenvalue weighted by molar-refractivity contribution is 6.32. The maximum Gasteiger partial charge on any atom is 0.258 e. The van der Waals surface area contributed by atoms with Crippen molar-refractivity contribution in [2.45, 2.75) is 0 Å². The molecule has 0 N–H and O–H groups in total. The van der Waals surface area contributed by atoms with E-state index >= 15 is 0 Å². The molecule has 0 aliphatic carbocycles. The maximum atomic E-state index is 6.06. The van der Waals surface area contributed by atoms with Crippen LogP contribution in [0.4, 0.5) is 0 Å². The van der Waals surface area contributed by atoms with Crippen molar-refractivity contribution in [2.24, 2.45) is 0 Å². The Hall–Kier alpha value is -1.84. The predicted octanol–water partition coefficient (Wildman–Crippen LogP) is 4.73. The summed E-state index contributed by atoms with van der Waals surface area (Å²) in [5.74, 6) is 0.740. The second-order valence-electron chi connectivity index (χ2n) is 3.84. The molecular formula is C14H8Cl2N2O. The first kappa shape index (κ1) is 12.2. The first-order chi connectivity index (χ1) is 9.24. The minimum atomic E-state index is 0.207. The molecule has 0 aliphatic heterocycles. The van der Waals surface area contributed by atoms with Crippen LogP contribution in [0.1, 0.15) is 0 Å². The lowest BCUT2D eigenvalue weighted by Gasteiger charge is -2.08. The summed E-state index contributed by atoms with van der Waals surface area (Å²) in [6, 6.07) is 14.6. The Morgan fingerprint density at radius 3 is 2.16 bits per heavy atom. The van der Waals surface area contributed by atoms with Crippen molar-refractivity contribution in [1.29, 1.82) is 0 Å². The van der Waals surface area contributed by atoms with Gasteiger partial charge in [0.1, 0.15) is 5.75 Å². The van der Waals surface area contributed by atoms with Crippen LogP contribution in [0, 0.1) is 0 Å². The molecule has 94 valence electrons. The Morgan fingerprint density at radius 2 is 1.42 bits per heavy atom. The fraction of sp³-hybridized carbons (Fsp3) is 0. The minimum Gasteiger partial charge on any atom is -0.435 e. The third kappa shape index (κ3) is 2.48. The normalized spacial score (nSPS) is 10.6. The lowest BCUT2D eigenvalue weighted by molar-refractivity contribution is 0.463. The fourth-order valence-electron chi connectivity index (χ4n) is 1.66. The van der Waals surface area contributed by atoms with Crippen LogP contribution in [-0.4, -0.2) is 9.97 Å². The van der Waals surface area contributed by atoms with Crippen molar-refractivity contribution >= 4 is 34.2 Å². The number of nitrogens with zero attached hydrogens (tertiary/aromatic N) is 2. The van der Waals surface area contributed by atoms with Crippen LogP contribution in [0.2, 0.25) is 10.2 Å². The molecule has 1 heterocycles. The quantitative estimate of drug-likeness (QED) is 0.684. The van der Waals surface area contributed by atoms with E-state index < -0.39 is 0 Å². The number of hydrogen-bond acceptors (Lipinski definition) is 3. The highest BCUT2D eigenvalue weighted by atomic mass is 35.5. The number of fused-ring (bicyclic) bond motifs is 1. The first-order valence-electron chi connectivity index (χ1n) is 5.59. The Kier molecular flexibility index (Phi) is 3.23. The van der Waals surface area contributed by atoms with Crippen LogP contribution in [0.3, 0.4) is 0 Å². The molecule has 0 atom stereocenters. The molecule has 0 amide bonds. The summed E-state index contributed by atoms with van der Waals surface area (Å²) in [4.78, 5) is 8.57. The second kappa shape index (κ2) is 5.03. The van der Waals surface area contributed by atoms with Crippen LogP contribution in [0.5, 0.6) is 11.6 Å². The first-order valence-corrected chi connectivity index (χ1v) is 6.34. The minimum absolute atomic E-state index is 0.207. The van der Waals surface area contributed by atoms with E-state index in [9.17, 15) is 0 Å². The summed E-state index contributed by atoms with van der Waals surface area (Å²) >= 11 is 12.1. The van der Waals surface area contributed by atoms with E-state index in [4.69, 9.17) is 27.9 Å². The van der Waals surface area contributed by atoms with Crippen LogP contribution in [-0.2, 0) is 0 Å². The Balaban J connectivity index is 2.06. The highest BCUT2D eigenvalue weighted by Gasteiger charge is 2.10. The van der Waals surface area contributed by atoms with Crippen molar-refractivity contribution in [2.75, 3.05) is 0 Å². The molecule has 0 unspecified atom stereocenters. The lowest BCUT2D eigenvalue weighted by atomic mass is 10.3. The van der Waals surface area contributed by atoms with Crippen molar-refractivity contribution in [3.63, 3.8) is 0 Å². The number of para-hydroxylation sites is 3. The average Bonchev–Trinajstić information content (AvgIpc) is 2.42. The van der Waals surface area contributed by atoms with Gasteiger partial charge in [0.05, 0.1) is 16.1 Å². The van der Waals surface area contributed by atoms with Crippen LogP contribution < -0.4 is 4.74 Å². The maximum absolute atomic E-state index is 6.06. The molecule has 2 aromatic carbocycles. The van der Waals surface area contributed by atoms with E-state index in [2.05, 4.69) is 9.97 Å². The van der Waals surface area contributed by atoms with Crippen LogP contribution in [0.25, 0.3) is 11.0 Å². The van der Waals surface area contributed by atoms with E-state index in [0.717, 1.165) is 5.52 Å². The molecule has 0 saturated carbocycles. The van der Waals surface area contributed by atoms with Gasteiger partial charge < -0.3 is 4.74 Å². The summed E-state index contributed by atoms with van der Waals surface area (Å²) < 4.78 is 5.61. The number of benzene rings is 2. The molecule has 3 rings (SSSR count). The van der Waals surface area contributed by atoms with Gasteiger partial charge in [-0.3, -0.25) is 0 Å². The molecular weight excluding hydrogens is 283 g/mol. The molecule has 1 aromatic heterocycles. The summed E-state index contributed by atoms with van der Waals surface area (Å²) in [6.07, 6.45) is 0. The fourth-order valence-corrected chi connectivity index (χ4v) is 2.01. The number of aromatic nitrogens is 2. The molecule has 0 fully saturated rings. The van der Waals surface area contributed by atoms with Gasteiger partial charge in [0.25, 0.3) is 5.88 Å². The zero-order valence-corrected chi connectivity index (χ0v) is 11.2. The number of hydrogen-bond donors (Lipinski definition) is 0. The van der Waals surface area contributed by atoms with Gasteiger partial charge in [0.2, 0.25) is 0 Å². The van der Waals surface area contributed by atoms with Gasteiger partial charge in [-0.2, -0.15) is 0 Å². The smallest absolute Gasteiger partial charge is 0.258 e. The van der Waals surface area contributed by atoms with Gasteiger partial charge in [-0.15, -0.1) is 0 Å². The Labute approximate surface area is 119 Å². The Morgan fingerprint density at radius 1 is 0.789 bits per heavy atom. The molecule has 0 bridgehead atoms. The number of rotatable bonds is 2. The molecule has 19 heavy (non-hydrogen) atoms. The third-order valence-corrected chi connectivity index (χ3v) is 3.10. The summed E-state index contributed by atoms with van der Waals surface area (Å²) in [5, 5.41) is 0.701. The van der Waals surface area contributed by atoms with Crippen LogP contribution >= 0.6 is 23.2 Å². The van der Waals surface area contributed by atoms with Gasteiger partial charge >= 0.3 is 0 Å². The molecule has 0 radical (unpaired) electrons. The standard InChI is InChI=1S/C14H8Cl2N2O/c15-9-5-1-4-8-12(9)19-14-13(16)17-10-6-2-3-7-11(10)18-14/h1-8H. The summed E-state index contributed by atoms with van der Waals surface area (Å²) in [5.41, 5.74) is 1.44. The molecule has 3 nitrogen and oxygen atoms in total. The highest BCUT2D eigenvalue weighted by Crippen LogP contribution is 2.31. The molecule has 0 aliphatic rings. The van der Waals surface area contributed by atoms with Gasteiger partial charge in [0, 0.05) is 0 Å². The van der Waals surface area contributed by atoms with E-state index in [1.54, 1.807) is 12.1 Å². The van der Waals surface area contributed by atoms with Crippen molar-refractivity contribution < 1.29 is 4.74 Å². The van der Waals surface area contributed by atoms with Gasteiger partial charge in [0.15, 0.2) is 5.15 Å². The van der Waals surface area contributed by atoms with Crippen molar-refractivity contribution in [1.82, 2.24) is 9.97 Å². The number of ether oxygens (including phenoxy) is 1. The third-order valence-electron chi connectivity index (χ3n) is 2.54. The van der Waals surface area contributed by atoms with Gasteiger partial charge in [-0.25, -0.2) is 9.97 Å². The van der Waals surface area contributed by atoms with E-state index in [0.29, 0.717) is 16.3 Å². The summed E-state index contributed by atoms with van der Waals surface area (Å²) in [7, 11) is 0. The second-order valence-corrected chi connectivity index (χ2v) is 4.61. The van der Waals surface area contributed by atoms with E-state index in [1.165, 1.54) is 0 Å². The topological polar surface area (TPSA) is 35.0 Å².